The average Bonchev–Trinajstić information content (AvgIpc) is 2.60. The number of anilines is 1. The minimum Gasteiger partial charge on any atom is -0.495 e. The molecule has 7 heteroatoms. The predicted molar refractivity (Wildman–Crippen MR) is 96.2 cm³/mol. The van der Waals surface area contributed by atoms with Crippen LogP contribution in [0.15, 0.2) is 24.3 Å². The van der Waals surface area contributed by atoms with Crippen molar-refractivity contribution in [1.82, 2.24) is 9.80 Å². The van der Waals surface area contributed by atoms with Crippen molar-refractivity contribution >= 4 is 17.5 Å². The summed E-state index contributed by atoms with van der Waals surface area (Å²) >= 11 is 0. The van der Waals surface area contributed by atoms with Crippen molar-refractivity contribution in [2.75, 3.05) is 39.1 Å². The third-order valence-electron chi connectivity index (χ3n) is 4.04. The Hall–Kier alpha value is -2.59. The molecule has 0 saturated carbocycles. The molecule has 136 valence electrons. The van der Waals surface area contributed by atoms with E-state index in [1.54, 1.807) is 44.0 Å². The van der Waals surface area contributed by atoms with E-state index in [4.69, 9.17) is 10.00 Å². The number of benzene rings is 1. The van der Waals surface area contributed by atoms with Crippen LogP contribution in [0.1, 0.15) is 20.8 Å². The zero-order valence-electron chi connectivity index (χ0n) is 15.5. The first-order valence-corrected chi connectivity index (χ1v) is 8.08. The monoisotopic (exact) mass is 346 g/mol. The third kappa shape index (κ3) is 5.76. The van der Waals surface area contributed by atoms with Crippen LogP contribution in [0.5, 0.6) is 5.75 Å². The molecule has 1 rings (SSSR count). The number of carbonyl (C=O) groups is 2. The molecule has 7 nitrogen and oxygen atoms in total. The number of nitrogens with one attached hydrogen (secondary N) is 1. The van der Waals surface area contributed by atoms with Crippen LogP contribution in [0.25, 0.3) is 0 Å². The summed E-state index contributed by atoms with van der Waals surface area (Å²) in [4.78, 5) is 27.7. The van der Waals surface area contributed by atoms with Crippen LogP contribution < -0.4 is 10.1 Å². The molecule has 0 atom stereocenters. The number of nitrogens with zero attached hydrogens (tertiary/aromatic N) is 3. The second kappa shape index (κ2) is 9.04. The van der Waals surface area contributed by atoms with Crippen molar-refractivity contribution in [3.63, 3.8) is 0 Å². The Kier molecular flexibility index (Phi) is 7.40. The van der Waals surface area contributed by atoms with Gasteiger partial charge in [0, 0.05) is 7.05 Å². The highest BCUT2D eigenvalue weighted by Crippen LogP contribution is 2.22. The smallest absolute Gasteiger partial charge is 0.238 e. The van der Waals surface area contributed by atoms with Gasteiger partial charge in [-0.1, -0.05) is 19.1 Å². The molecule has 1 aromatic carbocycles. The standard InChI is InChI=1S/C18H26N4O3/c1-6-22(12-17(24)21(4)18(2,3)13-19)11-16(23)20-14-9-7-8-10-15(14)25-5/h7-10H,6,11-12H2,1-5H3,(H,20,23). The molecule has 0 spiro atoms. The van der Waals surface area contributed by atoms with Gasteiger partial charge in [-0.25, -0.2) is 0 Å². The number of hydrogen-bond acceptors (Lipinski definition) is 5. The Morgan fingerprint density at radius 3 is 2.48 bits per heavy atom. The van der Waals surface area contributed by atoms with Crippen LogP contribution in [0.2, 0.25) is 0 Å². The van der Waals surface area contributed by atoms with E-state index in [0.29, 0.717) is 18.0 Å². The van der Waals surface area contributed by atoms with E-state index in [0.717, 1.165) is 0 Å². The van der Waals surface area contributed by atoms with E-state index in [9.17, 15) is 9.59 Å². The van der Waals surface area contributed by atoms with Crippen LogP contribution in [0.3, 0.4) is 0 Å². The molecule has 0 heterocycles. The molecule has 1 aromatic rings. The maximum Gasteiger partial charge on any atom is 0.238 e. The SMILES string of the molecule is CCN(CC(=O)Nc1ccccc1OC)CC(=O)N(C)C(C)(C)C#N. The molecular formula is C18H26N4O3. The van der Waals surface area contributed by atoms with Gasteiger partial charge in [-0.05, 0) is 32.5 Å². The summed E-state index contributed by atoms with van der Waals surface area (Å²) in [7, 11) is 3.13. The van der Waals surface area contributed by atoms with Gasteiger partial charge in [0.1, 0.15) is 11.3 Å². The van der Waals surface area contributed by atoms with E-state index in [2.05, 4.69) is 11.4 Å². The van der Waals surface area contributed by atoms with Crippen LogP contribution in [-0.4, -0.2) is 60.9 Å². The van der Waals surface area contributed by atoms with E-state index >= 15 is 0 Å². The van der Waals surface area contributed by atoms with E-state index in [-0.39, 0.29) is 24.9 Å². The fourth-order valence-electron chi connectivity index (χ4n) is 2.10. The second-order valence-electron chi connectivity index (χ2n) is 6.18. The Morgan fingerprint density at radius 1 is 1.28 bits per heavy atom. The summed E-state index contributed by atoms with van der Waals surface area (Å²) in [5.41, 5.74) is -0.309. The Labute approximate surface area is 149 Å². The summed E-state index contributed by atoms with van der Waals surface area (Å²) in [6.07, 6.45) is 0. The van der Waals surface area contributed by atoms with Crippen molar-refractivity contribution in [2.24, 2.45) is 0 Å². The lowest BCUT2D eigenvalue weighted by Crippen LogP contribution is -2.49. The maximum absolute atomic E-state index is 12.3. The topological polar surface area (TPSA) is 85.7 Å². The molecule has 2 amide bonds. The summed E-state index contributed by atoms with van der Waals surface area (Å²) in [6, 6.07) is 9.23. The molecule has 0 fully saturated rings. The second-order valence-corrected chi connectivity index (χ2v) is 6.18. The quantitative estimate of drug-likeness (QED) is 0.774. The van der Waals surface area contributed by atoms with Crippen molar-refractivity contribution < 1.29 is 14.3 Å². The number of hydrogen-bond donors (Lipinski definition) is 1. The first-order valence-electron chi connectivity index (χ1n) is 8.08. The molecule has 0 aliphatic heterocycles. The Bertz CT molecular complexity index is 652. The van der Waals surface area contributed by atoms with Crippen molar-refractivity contribution in [3.8, 4) is 11.8 Å². The van der Waals surface area contributed by atoms with Crippen LogP contribution in [0, 0.1) is 11.3 Å². The normalized spacial score (nSPS) is 10.9. The Morgan fingerprint density at radius 2 is 1.92 bits per heavy atom. The fourth-order valence-corrected chi connectivity index (χ4v) is 2.10. The van der Waals surface area contributed by atoms with Gasteiger partial charge < -0.3 is 15.0 Å². The zero-order valence-corrected chi connectivity index (χ0v) is 15.5. The molecule has 0 aliphatic carbocycles. The fraction of sp³-hybridized carbons (Fsp3) is 0.500. The molecule has 0 aromatic heterocycles. The minimum absolute atomic E-state index is 0.0669. The zero-order chi connectivity index (χ0) is 19.0. The number of likely N-dealkylation sites (N-methyl/N-ethyl adjacent to an activating group) is 2. The van der Waals surface area contributed by atoms with Gasteiger partial charge in [-0.15, -0.1) is 0 Å². The molecular weight excluding hydrogens is 320 g/mol. The Balaban J connectivity index is 2.68. The maximum atomic E-state index is 12.3. The van der Waals surface area contributed by atoms with Gasteiger partial charge >= 0.3 is 0 Å². The number of rotatable bonds is 8. The molecule has 25 heavy (non-hydrogen) atoms. The van der Waals surface area contributed by atoms with Gasteiger partial charge in [-0.3, -0.25) is 14.5 Å². The number of para-hydroxylation sites is 2. The molecule has 0 saturated heterocycles. The summed E-state index contributed by atoms with van der Waals surface area (Å²) in [5.74, 6) is 0.130. The highest BCUT2D eigenvalue weighted by atomic mass is 16.5. The van der Waals surface area contributed by atoms with Crippen molar-refractivity contribution in [2.45, 2.75) is 26.3 Å². The predicted octanol–water partition coefficient (Wildman–Crippen LogP) is 1.72. The first kappa shape index (κ1) is 20.5. The summed E-state index contributed by atoms with van der Waals surface area (Å²) in [5, 5.41) is 11.9. The van der Waals surface area contributed by atoms with Gasteiger partial charge in [0.15, 0.2) is 0 Å². The average molecular weight is 346 g/mol. The highest BCUT2D eigenvalue weighted by molar-refractivity contribution is 5.94. The first-order chi connectivity index (χ1) is 11.7. The largest absolute Gasteiger partial charge is 0.495 e. The van der Waals surface area contributed by atoms with E-state index < -0.39 is 5.54 Å². The molecule has 0 bridgehead atoms. The molecule has 1 N–H and O–H groups in total. The minimum atomic E-state index is -0.893. The van der Waals surface area contributed by atoms with E-state index in [1.807, 2.05) is 13.0 Å². The highest BCUT2D eigenvalue weighted by Gasteiger charge is 2.28. The number of methoxy groups -OCH3 is 1. The third-order valence-corrected chi connectivity index (χ3v) is 4.04. The van der Waals surface area contributed by atoms with Crippen LogP contribution in [0.4, 0.5) is 5.69 Å². The lowest BCUT2D eigenvalue weighted by atomic mass is 10.1. The van der Waals surface area contributed by atoms with Gasteiger partial charge in [0.05, 0.1) is 32.0 Å². The number of carbonyl (C=O) groups excluding carboxylic acids is 2. The van der Waals surface area contributed by atoms with Crippen molar-refractivity contribution in [3.05, 3.63) is 24.3 Å². The van der Waals surface area contributed by atoms with Crippen molar-refractivity contribution in [1.29, 1.82) is 5.26 Å². The number of nitriles is 1. The van der Waals surface area contributed by atoms with Gasteiger partial charge in [0.25, 0.3) is 0 Å². The van der Waals surface area contributed by atoms with Crippen LogP contribution in [-0.2, 0) is 9.59 Å². The summed E-state index contributed by atoms with van der Waals surface area (Å²) < 4.78 is 5.20. The molecule has 0 aliphatic rings. The molecule has 0 unspecified atom stereocenters. The van der Waals surface area contributed by atoms with Gasteiger partial charge in [0.2, 0.25) is 11.8 Å². The summed E-state index contributed by atoms with van der Waals surface area (Å²) in [6.45, 7) is 5.90. The number of amides is 2. The lowest BCUT2D eigenvalue weighted by molar-refractivity contribution is -0.134. The van der Waals surface area contributed by atoms with E-state index in [1.165, 1.54) is 12.0 Å². The lowest BCUT2D eigenvalue weighted by Gasteiger charge is -2.31. The number of ether oxygens (including phenoxy) is 1. The molecule has 0 radical (unpaired) electrons. The van der Waals surface area contributed by atoms with Crippen LogP contribution >= 0.6 is 0 Å². The van der Waals surface area contributed by atoms with Gasteiger partial charge in [-0.2, -0.15) is 5.26 Å².